The minimum atomic E-state index is -3.72. The Hall–Kier alpha value is -2.25. The molecule has 6 nitrogen and oxygen atoms in total. The van der Waals surface area contributed by atoms with Crippen molar-refractivity contribution < 1.29 is 23.1 Å². The first-order valence-corrected chi connectivity index (χ1v) is 9.45. The van der Waals surface area contributed by atoms with Crippen molar-refractivity contribution in [2.45, 2.75) is 17.7 Å². The van der Waals surface area contributed by atoms with E-state index in [1.54, 1.807) is 18.2 Å². The smallest absolute Gasteiger partial charge is 0.341 e. The van der Waals surface area contributed by atoms with Crippen LogP contribution in [0, 0.1) is 0 Å². The second-order valence-electron chi connectivity index (χ2n) is 5.61. The number of aryl methyl sites for hydroxylation is 1. The van der Waals surface area contributed by atoms with E-state index in [-0.39, 0.29) is 4.90 Å². The van der Waals surface area contributed by atoms with Crippen LogP contribution in [0.1, 0.15) is 12.0 Å². The number of halogens is 1. The lowest BCUT2D eigenvalue weighted by molar-refractivity contribution is -0.139. The number of carbonyl (C=O) groups is 1. The maximum absolute atomic E-state index is 13.0. The molecule has 1 heterocycles. The molecule has 25 heavy (non-hydrogen) atoms. The monoisotopic (exact) mass is 381 g/mol. The Morgan fingerprint density at radius 3 is 2.60 bits per heavy atom. The van der Waals surface area contributed by atoms with Crippen LogP contribution < -0.4 is 9.04 Å². The van der Waals surface area contributed by atoms with Gasteiger partial charge in [-0.15, -0.1) is 0 Å². The molecule has 8 heteroatoms. The van der Waals surface area contributed by atoms with Gasteiger partial charge in [0, 0.05) is 11.6 Å². The van der Waals surface area contributed by atoms with E-state index in [2.05, 4.69) is 0 Å². The van der Waals surface area contributed by atoms with Crippen LogP contribution in [0.3, 0.4) is 0 Å². The predicted octanol–water partition coefficient (Wildman–Crippen LogP) is 2.94. The van der Waals surface area contributed by atoms with Crippen molar-refractivity contribution in [3.05, 3.63) is 53.1 Å². The van der Waals surface area contributed by atoms with Gasteiger partial charge >= 0.3 is 5.97 Å². The molecule has 1 N–H and O–H groups in total. The van der Waals surface area contributed by atoms with E-state index in [9.17, 15) is 13.2 Å². The summed E-state index contributed by atoms with van der Waals surface area (Å²) in [5.41, 5.74) is 1.55. The summed E-state index contributed by atoms with van der Waals surface area (Å²) < 4.78 is 32.4. The first-order valence-electron chi connectivity index (χ1n) is 7.64. The van der Waals surface area contributed by atoms with Crippen LogP contribution in [0.15, 0.2) is 47.4 Å². The summed E-state index contributed by atoms with van der Waals surface area (Å²) in [7, 11) is -3.72. The van der Waals surface area contributed by atoms with Crippen LogP contribution >= 0.6 is 11.6 Å². The van der Waals surface area contributed by atoms with Crippen molar-refractivity contribution in [3.8, 4) is 5.75 Å². The predicted molar refractivity (Wildman–Crippen MR) is 93.9 cm³/mol. The molecule has 0 saturated carbocycles. The number of hydrogen-bond donors (Lipinski definition) is 1. The summed E-state index contributed by atoms with van der Waals surface area (Å²) in [5, 5.41) is 9.19. The van der Waals surface area contributed by atoms with E-state index in [0.717, 1.165) is 12.0 Å². The molecule has 0 saturated heterocycles. The molecule has 0 aliphatic carbocycles. The minimum absolute atomic E-state index is 0.123. The van der Waals surface area contributed by atoms with Crippen LogP contribution in [0.25, 0.3) is 0 Å². The molecule has 0 atom stereocenters. The quantitative estimate of drug-likeness (QED) is 0.860. The van der Waals surface area contributed by atoms with Gasteiger partial charge in [-0.25, -0.2) is 13.2 Å². The van der Waals surface area contributed by atoms with Crippen LogP contribution in [0.5, 0.6) is 5.75 Å². The third-order valence-electron chi connectivity index (χ3n) is 3.89. The largest absolute Gasteiger partial charge is 0.482 e. The van der Waals surface area contributed by atoms with Crippen molar-refractivity contribution in [3.63, 3.8) is 0 Å². The normalized spacial score (nSPS) is 14.0. The van der Waals surface area contributed by atoms with Gasteiger partial charge in [-0.3, -0.25) is 4.31 Å². The first kappa shape index (κ1) is 17.6. The minimum Gasteiger partial charge on any atom is -0.482 e. The van der Waals surface area contributed by atoms with Crippen LogP contribution in [0.4, 0.5) is 5.69 Å². The second-order valence-corrected chi connectivity index (χ2v) is 7.91. The molecule has 0 spiro atoms. The maximum atomic E-state index is 13.0. The summed E-state index contributed by atoms with van der Waals surface area (Å²) in [4.78, 5) is 10.6. The Morgan fingerprint density at radius 1 is 1.20 bits per heavy atom. The van der Waals surface area contributed by atoms with Crippen molar-refractivity contribution >= 4 is 33.3 Å². The molecule has 0 radical (unpaired) electrons. The molecular formula is C17H16ClNO5S. The highest BCUT2D eigenvalue weighted by Crippen LogP contribution is 2.33. The lowest BCUT2D eigenvalue weighted by Crippen LogP contribution is -2.35. The van der Waals surface area contributed by atoms with Gasteiger partial charge in [0.25, 0.3) is 10.0 Å². The number of carboxylic acid groups (broad SMARTS) is 1. The molecule has 132 valence electrons. The van der Waals surface area contributed by atoms with E-state index in [4.69, 9.17) is 21.4 Å². The lowest BCUT2D eigenvalue weighted by atomic mass is 10.0. The van der Waals surface area contributed by atoms with E-state index < -0.39 is 22.6 Å². The van der Waals surface area contributed by atoms with Gasteiger partial charge < -0.3 is 9.84 Å². The zero-order valence-electron chi connectivity index (χ0n) is 13.2. The van der Waals surface area contributed by atoms with Gasteiger partial charge in [0.1, 0.15) is 5.75 Å². The van der Waals surface area contributed by atoms with E-state index in [0.29, 0.717) is 29.4 Å². The van der Waals surface area contributed by atoms with Gasteiger partial charge in [-0.05, 0) is 60.9 Å². The zero-order valence-corrected chi connectivity index (χ0v) is 14.8. The number of aliphatic carboxylic acids is 1. The van der Waals surface area contributed by atoms with Crippen LogP contribution in [0.2, 0.25) is 5.02 Å². The standard InChI is InChI=1S/C17H16ClNO5S/c18-13-3-8-16-12(10-13)2-1-9-19(16)25(22,23)15-6-4-14(5-7-15)24-11-17(20)21/h3-8,10H,1-2,9,11H2,(H,20,21). The summed E-state index contributed by atoms with van der Waals surface area (Å²) in [6.07, 6.45) is 1.50. The molecule has 0 bridgehead atoms. The number of hydrogen-bond acceptors (Lipinski definition) is 4. The highest BCUT2D eigenvalue weighted by molar-refractivity contribution is 7.92. The summed E-state index contributed by atoms with van der Waals surface area (Å²) in [6, 6.07) is 10.9. The molecule has 1 aliphatic rings. The van der Waals surface area contributed by atoms with Crippen molar-refractivity contribution in [2.75, 3.05) is 17.5 Å². The Kier molecular flexibility index (Phi) is 4.87. The Bertz CT molecular complexity index is 896. The number of rotatable bonds is 5. The molecule has 1 aliphatic heterocycles. The topological polar surface area (TPSA) is 83.9 Å². The van der Waals surface area contributed by atoms with E-state index in [1.807, 2.05) is 0 Å². The van der Waals surface area contributed by atoms with E-state index in [1.165, 1.54) is 28.6 Å². The fourth-order valence-electron chi connectivity index (χ4n) is 2.76. The second kappa shape index (κ2) is 6.93. The van der Waals surface area contributed by atoms with Crippen LogP contribution in [-0.4, -0.2) is 32.6 Å². The Morgan fingerprint density at radius 2 is 1.92 bits per heavy atom. The number of benzene rings is 2. The summed E-state index contributed by atoms with van der Waals surface area (Å²) in [6.45, 7) is -0.0828. The molecule has 0 amide bonds. The van der Waals surface area contributed by atoms with Crippen molar-refractivity contribution in [2.24, 2.45) is 0 Å². The molecule has 0 unspecified atom stereocenters. The fourth-order valence-corrected chi connectivity index (χ4v) is 4.50. The molecule has 0 fully saturated rings. The lowest BCUT2D eigenvalue weighted by Gasteiger charge is -2.30. The number of fused-ring (bicyclic) bond motifs is 1. The molecule has 0 aromatic heterocycles. The third kappa shape index (κ3) is 3.72. The number of nitrogens with zero attached hydrogens (tertiary/aromatic N) is 1. The number of anilines is 1. The average molecular weight is 382 g/mol. The number of sulfonamides is 1. The maximum Gasteiger partial charge on any atom is 0.341 e. The van der Waals surface area contributed by atoms with Crippen molar-refractivity contribution in [1.82, 2.24) is 0 Å². The average Bonchev–Trinajstić information content (AvgIpc) is 2.59. The SMILES string of the molecule is O=C(O)COc1ccc(S(=O)(=O)N2CCCc3cc(Cl)ccc32)cc1. The number of carboxylic acids is 1. The van der Waals surface area contributed by atoms with Gasteiger partial charge in [0.05, 0.1) is 10.6 Å². The molecule has 2 aromatic rings. The Labute approximate surface area is 150 Å². The highest BCUT2D eigenvalue weighted by atomic mass is 35.5. The van der Waals surface area contributed by atoms with Crippen molar-refractivity contribution in [1.29, 1.82) is 0 Å². The first-order chi connectivity index (χ1) is 11.9. The van der Waals surface area contributed by atoms with Gasteiger partial charge in [-0.2, -0.15) is 0 Å². The molecule has 2 aromatic carbocycles. The molecule has 3 rings (SSSR count). The van der Waals surface area contributed by atoms with Gasteiger partial charge in [-0.1, -0.05) is 11.6 Å². The highest BCUT2D eigenvalue weighted by Gasteiger charge is 2.29. The summed E-state index contributed by atoms with van der Waals surface area (Å²) >= 11 is 6.00. The molecular weight excluding hydrogens is 366 g/mol. The van der Waals surface area contributed by atoms with Crippen LogP contribution in [-0.2, 0) is 21.2 Å². The fraction of sp³-hybridized carbons (Fsp3) is 0.235. The van der Waals surface area contributed by atoms with Gasteiger partial charge in [0.15, 0.2) is 6.61 Å². The number of ether oxygens (including phenoxy) is 1. The summed E-state index contributed by atoms with van der Waals surface area (Å²) in [5.74, 6) is -0.799. The zero-order chi connectivity index (χ0) is 18.0. The van der Waals surface area contributed by atoms with E-state index >= 15 is 0 Å². The Balaban J connectivity index is 1.89. The third-order valence-corrected chi connectivity index (χ3v) is 5.95. The van der Waals surface area contributed by atoms with Gasteiger partial charge in [0.2, 0.25) is 0 Å².